The van der Waals surface area contributed by atoms with Crippen LogP contribution in [0.2, 0.25) is 0 Å². The van der Waals surface area contributed by atoms with E-state index in [1.807, 2.05) is 0 Å². The number of carboxylic acids is 1. The van der Waals surface area contributed by atoms with Gasteiger partial charge in [-0.3, -0.25) is 0 Å². The highest BCUT2D eigenvalue weighted by Gasteiger charge is 2.37. The van der Waals surface area contributed by atoms with Crippen molar-refractivity contribution < 1.29 is 23.1 Å². The van der Waals surface area contributed by atoms with Crippen molar-refractivity contribution in [1.82, 2.24) is 19.6 Å². The van der Waals surface area contributed by atoms with Crippen LogP contribution in [0.25, 0.3) is 5.78 Å². The van der Waals surface area contributed by atoms with Crippen molar-refractivity contribution in [3.8, 4) is 0 Å². The molecule has 0 aliphatic rings. The Morgan fingerprint density at radius 3 is 2.55 bits per heavy atom. The first kappa shape index (κ1) is 14.0. The van der Waals surface area contributed by atoms with E-state index in [2.05, 4.69) is 20.4 Å². The summed E-state index contributed by atoms with van der Waals surface area (Å²) in [6.45, 7) is 3.49. The molecule has 2 heterocycles. The van der Waals surface area contributed by atoms with Crippen LogP contribution in [0.15, 0.2) is 6.07 Å². The Bertz CT molecular complexity index is 665. The molecular weight excluding hydrogens is 279 g/mol. The average molecular weight is 289 g/mol. The van der Waals surface area contributed by atoms with E-state index in [1.165, 1.54) is 0 Å². The number of nitrogens with zero attached hydrogens (tertiary/aromatic N) is 4. The predicted octanol–water partition coefficient (Wildman–Crippen LogP) is 1.66. The molecular formula is C10H10F3N5O2. The van der Waals surface area contributed by atoms with Crippen LogP contribution in [0.4, 0.5) is 19.0 Å². The normalized spacial score (nSPS) is 12.1. The monoisotopic (exact) mass is 289 g/mol. The van der Waals surface area contributed by atoms with Gasteiger partial charge in [0.05, 0.1) is 0 Å². The molecule has 0 aliphatic carbocycles. The van der Waals surface area contributed by atoms with Crippen molar-refractivity contribution in [2.45, 2.75) is 26.1 Å². The van der Waals surface area contributed by atoms with Crippen LogP contribution in [0.1, 0.15) is 30.2 Å². The van der Waals surface area contributed by atoms with Gasteiger partial charge in [0.15, 0.2) is 5.69 Å². The second-order valence-corrected chi connectivity index (χ2v) is 4.28. The van der Waals surface area contributed by atoms with Crippen molar-refractivity contribution in [1.29, 1.82) is 0 Å². The first-order chi connectivity index (χ1) is 9.18. The molecule has 0 unspecified atom stereocenters. The SMILES string of the molecule is CC(C)Nc1cc(C(=O)O)nc2nc(C(F)(F)F)nn12. The molecule has 2 N–H and O–H groups in total. The summed E-state index contributed by atoms with van der Waals surface area (Å²) in [6.07, 6.45) is -4.73. The Morgan fingerprint density at radius 2 is 2.05 bits per heavy atom. The number of anilines is 1. The molecule has 0 radical (unpaired) electrons. The van der Waals surface area contributed by atoms with Crippen molar-refractivity contribution >= 4 is 17.6 Å². The van der Waals surface area contributed by atoms with Gasteiger partial charge in [0.25, 0.3) is 11.6 Å². The molecule has 0 saturated carbocycles. The zero-order chi connectivity index (χ0) is 15.1. The molecule has 108 valence electrons. The number of rotatable bonds is 3. The van der Waals surface area contributed by atoms with Crippen LogP contribution in [0, 0.1) is 0 Å². The molecule has 0 spiro atoms. The highest BCUT2D eigenvalue weighted by atomic mass is 19.4. The molecule has 0 aromatic carbocycles. The fraction of sp³-hybridized carbons (Fsp3) is 0.400. The van der Waals surface area contributed by atoms with E-state index in [4.69, 9.17) is 5.11 Å². The Balaban J connectivity index is 2.67. The third kappa shape index (κ3) is 2.63. The Labute approximate surface area is 110 Å². The third-order valence-corrected chi connectivity index (χ3v) is 2.22. The van der Waals surface area contributed by atoms with Crippen LogP contribution in [0.3, 0.4) is 0 Å². The first-order valence-electron chi connectivity index (χ1n) is 5.53. The van der Waals surface area contributed by atoms with Gasteiger partial charge in [0.2, 0.25) is 0 Å². The maximum absolute atomic E-state index is 12.6. The van der Waals surface area contributed by atoms with Crippen molar-refractivity contribution in [3.63, 3.8) is 0 Å². The Hall–Kier alpha value is -2.39. The average Bonchev–Trinajstić information content (AvgIpc) is 2.71. The molecule has 2 aromatic rings. The first-order valence-corrected chi connectivity index (χ1v) is 5.53. The van der Waals surface area contributed by atoms with Crippen molar-refractivity contribution in [3.05, 3.63) is 17.6 Å². The molecule has 0 atom stereocenters. The zero-order valence-corrected chi connectivity index (χ0v) is 10.4. The van der Waals surface area contributed by atoms with Gasteiger partial charge >= 0.3 is 12.1 Å². The molecule has 7 nitrogen and oxygen atoms in total. The van der Waals surface area contributed by atoms with Gasteiger partial charge in [0, 0.05) is 12.1 Å². The second kappa shape index (κ2) is 4.62. The lowest BCUT2D eigenvalue weighted by molar-refractivity contribution is -0.144. The predicted molar refractivity (Wildman–Crippen MR) is 61.5 cm³/mol. The number of fused-ring (bicyclic) bond motifs is 1. The number of carbonyl (C=O) groups is 1. The Kier molecular flexibility index (Phi) is 3.24. The molecule has 2 rings (SSSR count). The summed E-state index contributed by atoms with van der Waals surface area (Å²) < 4.78 is 38.6. The van der Waals surface area contributed by atoms with Gasteiger partial charge in [-0.2, -0.15) is 22.7 Å². The van der Waals surface area contributed by atoms with Gasteiger partial charge in [0.1, 0.15) is 5.82 Å². The van der Waals surface area contributed by atoms with E-state index in [0.717, 1.165) is 10.6 Å². The van der Waals surface area contributed by atoms with Crippen LogP contribution >= 0.6 is 0 Å². The smallest absolute Gasteiger partial charge is 0.453 e. The van der Waals surface area contributed by atoms with Gasteiger partial charge in [-0.25, -0.2) is 9.78 Å². The minimum atomic E-state index is -4.73. The Morgan fingerprint density at radius 1 is 1.40 bits per heavy atom. The van der Waals surface area contributed by atoms with E-state index in [1.54, 1.807) is 13.8 Å². The summed E-state index contributed by atoms with van der Waals surface area (Å²) in [5, 5.41) is 15.0. The quantitative estimate of drug-likeness (QED) is 0.892. The van der Waals surface area contributed by atoms with E-state index >= 15 is 0 Å². The number of carboxylic acid groups (broad SMARTS) is 1. The van der Waals surface area contributed by atoms with Gasteiger partial charge in [-0.05, 0) is 13.8 Å². The number of aromatic carboxylic acids is 1. The van der Waals surface area contributed by atoms with Crippen LogP contribution in [-0.2, 0) is 6.18 Å². The molecule has 0 fully saturated rings. The second-order valence-electron chi connectivity index (χ2n) is 4.28. The topological polar surface area (TPSA) is 92.4 Å². The molecule has 0 saturated heterocycles. The van der Waals surface area contributed by atoms with Crippen LogP contribution in [0.5, 0.6) is 0 Å². The summed E-state index contributed by atoms with van der Waals surface area (Å²) in [5.74, 6) is -3.10. The lowest BCUT2D eigenvalue weighted by Gasteiger charge is -2.11. The maximum atomic E-state index is 12.6. The maximum Gasteiger partial charge on any atom is 0.453 e. The third-order valence-electron chi connectivity index (χ3n) is 2.22. The fourth-order valence-corrected chi connectivity index (χ4v) is 1.50. The number of aromatic nitrogens is 4. The lowest BCUT2D eigenvalue weighted by atomic mass is 10.3. The number of halogens is 3. The summed E-state index contributed by atoms with van der Waals surface area (Å²) in [4.78, 5) is 17.7. The molecule has 20 heavy (non-hydrogen) atoms. The standard InChI is InChI=1S/C10H10F3N5O2/c1-4(2)14-6-3-5(7(19)20)15-9-16-8(10(11,12)13)17-18(6)9/h3-4,14H,1-2H3,(H,19,20). The number of alkyl halides is 3. The summed E-state index contributed by atoms with van der Waals surface area (Å²) >= 11 is 0. The van der Waals surface area contributed by atoms with E-state index in [-0.39, 0.29) is 11.9 Å². The molecule has 0 aliphatic heterocycles. The largest absolute Gasteiger partial charge is 0.477 e. The minimum absolute atomic E-state index is 0.0744. The summed E-state index contributed by atoms with van der Waals surface area (Å²) in [7, 11) is 0. The van der Waals surface area contributed by atoms with Crippen molar-refractivity contribution in [2.24, 2.45) is 0 Å². The van der Waals surface area contributed by atoms with E-state index < -0.39 is 29.4 Å². The number of hydrogen-bond donors (Lipinski definition) is 2. The van der Waals surface area contributed by atoms with E-state index in [9.17, 15) is 18.0 Å². The minimum Gasteiger partial charge on any atom is -0.477 e. The fourth-order valence-electron chi connectivity index (χ4n) is 1.50. The highest BCUT2D eigenvalue weighted by Crippen LogP contribution is 2.27. The molecule has 10 heteroatoms. The molecule has 0 bridgehead atoms. The highest BCUT2D eigenvalue weighted by molar-refractivity contribution is 5.86. The summed E-state index contributed by atoms with van der Waals surface area (Å²) in [5.41, 5.74) is -0.415. The summed E-state index contributed by atoms with van der Waals surface area (Å²) in [6, 6.07) is 0.963. The number of nitrogens with one attached hydrogen (secondary N) is 1. The van der Waals surface area contributed by atoms with Gasteiger partial charge in [-0.15, -0.1) is 5.10 Å². The van der Waals surface area contributed by atoms with E-state index in [0.29, 0.717) is 0 Å². The zero-order valence-electron chi connectivity index (χ0n) is 10.4. The van der Waals surface area contributed by atoms with Crippen LogP contribution in [-0.4, -0.2) is 36.7 Å². The van der Waals surface area contributed by atoms with Crippen LogP contribution < -0.4 is 5.32 Å². The van der Waals surface area contributed by atoms with Gasteiger partial charge in [-0.1, -0.05) is 0 Å². The molecule has 0 amide bonds. The lowest BCUT2D eigenvalue weighted by Crippen LogP contribution is -2.15. The van der Waals surface area contributed by atoms with Gasteiger partial charge < -0.3 is 10.4 Å². The molecule has 2 aromatic heterocycles. The van der Waals surface area contributed by atoms with Crippen molar-refractivity contribution in [2.75, 3.05) is 5.32 Å². The number of hydrogen-bond acceptors (Lipinski definition) is 5.